The molecule has 1 unspecified atom stereocenters. The molecule has 0 spiro atoms. The second kappa shape index (κ2) is 4.84. The number of halogens is 1. The topological polar surface area (TPSA) is 47.3 Å². The van der Waals surface area contributed by atoms with Gasteiger partial charge in [-0.3, -0.25) is 0 Å². The van der Waals surface area contributed by atoms with Crippen molar-refractivity contribution in [2.75, 3.05) is 26.8 Å². The molecule has 2 rings (SSSR count). The Morgan fingerprint density at radius 3 is 2.44 bits per heavy atom. The zero-order chi connectivity index (χ0) is 11.6. The highest BCUT2D eigenvalue weighted by atomic mass is 79.9. The van der Waals surface area contributed by atoms with Gasteiger partial charge in [0.05, 0.1) is 13.2 Å². The summed E-state index contributed by atoms with van der Waals surface area (Å²) in [5.74, 6) is 0. The van der Waals surface area contributed by atoms with E-state index in [0.717, 1.165) is 17.7 Å². The van der Waals surface area contributed by atoms with Crippen molar-refractivity contribution in [2.45, 2.75) is 6.04 Å². The van der Waals surface area contributed by atoms with E-state index in [1.165, 1.54) is 5.56 Å². The van der Waals surface area contributed by atoms with Crippen molar-refractivity contribution in [1.29, 1.82) is 0 Å². The lowest BCUT2D eigenvalue weighted by molar-refractivity contribution is -0.126. The van der Waals surface area contributed by atoms with Gasteiger partial charge in [0.15, 0.2) is 0 Å². The predicted octanol–water partition coefficient (Wildman–Crippen LogP) is 1.68. The smallest absolute Gasteiger partial charge is 0.0575 e. The highest BCUT2D eigenvalue weighted by Crippen LogP contribution is 2.39. The van der Waals surface area contributed by atoms with Gasteiger partial charge in [-0.15, -0.1) is 0 Å². The minimum absolute atomic E-state index is 0.0581. The molecule has 1 aliphatic heterocycles. The Morgan fingerprint density at radius 1 is 1.44 bits per heavy atom. The van der Waals surface area contributed by atoms with Crippen molar-refractivity contribution in [3.63, 3.8) is 0 Å². The number of ether oxygens (including phenoxy) is 1. The van der Waals surface area contributed by atoms with Crippen LogP contribution in [0.2, 0.25) is 0 Å². The zero-order valence-electron chi connectivity index (χ0n) is 9.37. The van der Waals surface area contributed by atoms with Crippen LogP contribution in [0.4, 0.5) is 0 Å². The van der Waals surface area contributed by atoms with Crippen LogP contribution in [0.15, 0.2) is 28.7 Å². The van der Waals surface area contributed by atoms with Crippen LogP contribution in [-0.2, 0) is 4.74 Å². The molecule has 16 heavy (non-hydrogen) atoms. The first-order chi connectivity index (χ1) is 7.72. The fourth-order valence-electron chi connectivity index (χ4n) is 2.25. The molecule has 0 aliphatic carbocycles. The van der Waals surface area contributed by atoms with E-state index in [1.807, 2.05) is 7.05 Å². The highest BCUT2D eigenvalue weighted by molar-refractivity contribution is 9.10. The number of nitrogens with two attached hydrogens (primary N) is 1. The van der Waals surface area contributed by atoms with Gasteiger partial charge in [0.25, 0.3) is 0 Å². The van der Waals surface area contributed by atoms with E-state index in [9.17, 15) is 0 Å². The summed E-state index contributed by atoms with van der Waals surface area (Å²) in [5, 5.41) is 3.36. The maximum Gasteiger partial charge on any atom is 0.0575 e. The summed E-state index contributed by atoms with van der Waals surface area (Å²) in [5.41, 5.74) is 7.20. The van der Waals surface area contributed by atoms with Crippen molar-refractivity contribution >= 4 is 15.9 Å². The van der Waals surface area contributed by atoms with E-state index >= 15 is 0 Å². The van der Waals surface area contributed by atoms with Gasteiger partial charge in [0.1, 0.15) is 0 Å². The third kappa shape index (κ3) is 2.02. The third-order valence-corrected chi connectivity index (χ3v) is 3.82. The first-order valence-corrected chi connectivity index (χ1v) is 6.22. The van der Waals surface area contributed by atoms with Crippen LogP contribution < -0.4 is 11.1 Å². The van der Waals surface area contributed by atoms with Gasteiger partial charge in [-0.2, -0.15) is 0 Å². The average Bonchev–Trinajstić information content (AvgIpc) is 2.25. The molecular formula is C12H17BrN2O. The molecule has 1 heterocycles. The summed E-state index contributed by atoms with van der Waals surface area (Å²) in [6.07, 6.45) is 0. The Hall–Kier alpha value is -0.420. The molecule has 0 bridgehead atoms. The van der Waals surface area contributed by atoms with Gasteiger partial charge in [0.2, 0.25) is 0 Å². The predicted molar refractivity (Wildman–Crippen MR) is 68.2 cm³/mol. The Labute approximate surface area is 104 Å². The fourth-order valence-corrected chi connectivity index (χ4v) is 2.51. The lowest BCUT2D eigenvalue weighted by Gasteiger charge is -2.46. The van der Waals surface area contributed by atoms with Gasteiger partial charge < -0.3 is 15.8 Å². The first kappa shape index (κ1) is 12.0. The molecule has 1 aromatic rings. The molecule has 88 valence electrons. The minimum Gasteiger partial charge on any atom is -0.380 e. The summed E-state index contributed by atoms with van der Waals surface area (Å²) in [6.45, 7) is 2.13. The normalized spacial score (nSPS) is 20.2. The Morgan fingerprint density at radius 2 is 2.06 bits per heavy atom. The summed E-state index contributed by atoms with van der Waals surface area (Å²) in [7, 11) is 1.97. The number of hydrogen-bond donors (Lipinski definition) is 2. The Bertz CT molecular complexity index is 343. The van der Waals surface area contributed by atoms with Crippen LogP contribution >= 0.6 is 15.9 Å². The van der Waals surface area contributed by atoms with Crippen molar-refractivity contribution in [3.8, 4) is 0 Å². The molecule has 1 saturated heterocycles. The number of nitrogens with one attached hydrogen (secondary N) is 1. The van der Waals surface area contributed by atoms with E-state index in [4.69, 9.17) is 10.5 Å². The van der Waals surface area contributed by atoms with Crippen LogP contribution in [-0.4, -0.2) is 26.8 Å². The SMILES string of the molecule is CNC(c1ccc(Br)cc1)C1(CN)COC1. The summed E-state index contributed by atoms with van der Waals surface area (Å²) in [4.78, 5) is 0. The molecule has 0 saturated carbocycles. The maximum atomic E-state index is 5.88. The molecule has 0 aromatic heterocycles. The molecular weight excluding hydrogens is 268 g/mol. The Balaban J connectivity index is 2.25. The zero-order valence-corrected chi connectivity index (χ0v) is 11.0. The largest absolute Gasteiger partial charge is 0.380 e. The minimum atomic E-state index is 0.0581. The lowest BCUT2D eigenvalue weighted by atomic mass is 9.75. The molecule has 1 atom stereocenters. The van der Waals surface area contributed by atoms with E-state index < -0.39 is 0 Å². The second-order valence-electron chi connectivity index (χ2n) is 4.33. The van der Waals surface area contributed by atoms with E-state index in [-0.39, 0.29) is 11.5 Å². The van der Waals surface area contributed by atoms with Gasteiger partial charge in [-0.05, 0) is 24.7 Å². The highest BCUT2D eigenvalue weighted by Gasteiger charge is 2.44. The fraction of sp³-hybridized carbons (Fsp3) is 0.500. The van der Waals surface area contributed by atoms with E-state index in [1.54, 1.807) is 0 Å². The van der Waals surface area contributed by atoms with Crippen LogP contribution in [0.5, 0.6) is 0 Å². The van der Waals surface area contributed by atoms with Crippen molar-refractivity contribution in [2.24, 2.45) is 11.1 Å². The van der Waals surface area contributed by atoms with Crippen molar-refractivity contribution < 1.29 is 4.74 Å². The molecule has 4 heteroatoms. The van der Waals surface area contributed by atoms with Crippen LogP contribution in [0.25, 0.3) is 0 Å². The van der Waals surface area contributed by atoms with Crippen molar-refractivity contribution in [3.05, 3.63) is 34.3 Å². The quantitative estimate of drug-likeness (QED) is 0.885. The van der Waals surface area contributed by atoms with Gasteiger partial charge in [-0.25, -0.2) is 0 Å². The summed E-state index contributed by atoms with van der Waals surface area (Å²) < 4.78 is 6.42. The molecule has 1 aliphatic rings. The maximum absolute atomic E-state index is 5.88. The molecule has 1 fully saturated rings. The van der Waals surface area contributed by atoms with Gasteiger partial charge >= 0.3 is 0 Å². The van der Waals surface area contributed by atoms with Crippen LogP contribution in [0.3, 0.4) is 0 Å². The number of hydrogen-bond acceptors (Lipinski definition) is 3. The van der Waals surface area contributed by atoms with Gasteiger partial charge in [0, 0.05) is 22.5 Å². The molecule has 3 N–H and O–H groups in total. The molecule has 1 aromatic carbocycles. The third-order valence-electron chi connectivity index (χ3n) is 3.29. The second-order valence-corrected chi connectivity index (χ2v) is 5.25. The summed E-state index contributed by atoms with van der Waals surface area (Å²) in [6, 6.07) is 8.63. The number of benzene rings is 1. The first-order valence-electron chi connectivity index (χ1n) is 5.42. The lowest BCUT2D eigenvalue weighted by Crippen LogP contribution is -2.55. The Kier molecular flexibility index (Phi) is 3.64. The molecule has 0 amide bonds. The molecule has 0 radical (unpaired) electrons. The van der Waals surface area contributed by atoms with Gasteiger partial charge in [-0.1, -0.05) is 28.1 Å². The van der Waals surface area contributed by atoms with Crippen molar-refractivity contribution in [1.82, 2.24) is 5.32 Å². The standard InChI is InChI=1S/C12H17BrN2O/c1-15-11(12(6-14)7-16-8-12)9-2-4-10(13)5-3-9/h2-5,11,15H,6-8,14H2,1H3. The van der Waals surface area contributed by atoms with Crippen LogP contribution in [0, 0.1) is 5.41 Å². The monoisotopic (exact) mass is 284 g/mol. The van der Waals surface area contributed by atoms with E-state index in [2.05, 4.69) is 45.5 Å². The number of rotatable bonds is 4. The molecule has 3 nitrogen and oxygen atoms in total. The summed E-state index contributed by atoms with van der Waals surface area (Å²) >= 11 is 3.45. The average molecular weight is 285 g/mol. The van der Waals surface area contributed by atoms with E-state index in [0.29, 0.717) is 6.54 Å². The van der Waals surface area contributed by atoms with Crippen LogP contribution in [0.1, 0.15) is 11.6 Å².